The second-order valence-corrected chi connectivity index (χ2v) is 6.21. The van der Waals surface area contributed by atoms with Gasteiger partial charge in [-0.2, -0.15) is 13.2 Å². The van der Waals surface area contributed by atoms with E-state index in [1.54, 1.807) is 11.0 Å². The molecule has 0 aromatic heterocycles. The third-order valence-electron chi connectivity index (χ3n) is 4.68. The van der Waals surface area contributed by atoms with Gasteiger partial charge in [0, 0.05) is 32.5 Å². The van der Waals surface area contributed by atoms with Gasteiger partial charge >= 0.3 is 6.18 Å². The van der Waals surface area contributed by atoms with Crippen LogP contribution in [0.25, 0.3) is 0 Å². The number of piperidine rings is 1. The van der Waals surface area contributed by atoms with Gasteiger partial charge in [-0.25, -0.2) is 8.78 Å². The Kier molecular flexibility index (Phi) is 3.91. The van der Waals surface area contributed by atoms with Crippen molar-refractivity contribution < 1.29 is 22.0 Å². The average Bonchev–Trinajstić information content (AvgIpc) is 2.88. The van der Waals surface area contributed by atoms with Crippen LogP contribution in [0.1, 0.15) is 41.5 Å². The van der Waals surface area contributed by atoms with Gasteiger partial charge in [-0.05, 0) is 42.0 Å². The lowest BCUT2D eigenvalue weighted by Crippen LogP contribution is -2.39. The first kappa shape index (κ1) is 15.7. The van der Waals surface area contributed by atoms with Crippen LogP contribution in [0.4, 0.5) is 22.0 Å². The second kappa shape index (κ2) is 5.48. The third-order valence-corrected chi connectivity index (χ3v) is 4.68. The van der Waals surface area contributed by atoms with E-state index < -0.39 is 17.7 Å². The number of halogens is 5. The number of hydrogen-bond donors (Lipinski definition) is 0. The molecule has 1 fully saturated rings. The molecule has 1 aromatic carbocycles. The van der Waals surface area contributed by atoms with E-state index in [2.05, 4.69) is 0 Å². The van der Waals surface area contributed by atoms with Crippen LogP contribution < -0.4 is 0 Å². The standard InChI is InChI=1S/C16H18F5N/c17-15(18)6-8-22(9-7-15)10-13-12-3-1-2-11(12)4-5-14(13)16(19,20)21/h4-5H,1-3,6-10H2. The molecule has 0 spiro atoms. The molecule has 0 atom stereocenters. The van der Waals surface area contributed by atoms with Crippen molar-refractivity contribution in [1.82, 2.24) is 4.90 Å². The van der Waals surface area contributed by atoms with Crippen LogP contribution in [-0.4, -0.2) is 23.9 Å². The number of aryl methyl sites for hydroxylation is 1. The Morgan fingerprint density at radius 3 is 2.36 bits per heavy atom. The molecule has 0 bridgehead atoms. The summed E-state index contributed by atoms with van der Waals surface area (Å²) in [4.78, 5) is 1.72. The summed E-state index contributed by atoms with van der Waals surface area (Å²) in [6, 6.07) is 2.72. The SMILES string of the molecule is FC1(F)CCN(Cc2c(C(F)(F)F)ccc3c2CCC3)CC1. The first-order valence-corrected chi connectivity index (χ1v) is 7.57. The van der Waals surface area contributed by atoms with Crippen molar-refractivity contribution in [2.24, 2.45) is 0 Å². The summed E-state index contributed by atoms with van der Waals surface area (Å²) < 4.78 is 66.2. The second-order valence-electron chi connectivity index (χ2n) is 6.21. The summed E-state index contributed by atoms with van der Waals surface area (Å²) in [6.45, 7) is 0.413. The predicted molar refractivity (Wildman–Crippen MR) is 72.9 cm³/mol. The van der Waals surface area contributed by atoms with Crippen molar-refractivity contribution in [3.8, 4) is 0 Å². The summed E-state index contributed by atoms with van der Waals surface area (Å²) in [6.07, 6.45) is -2.63. The molecule has 3 rings (SSSR count). The van der Waals surface area contributed by atoms with Gasteiger partial charge in [0.05, 0.1) is 5.56 Å². The van der Waals surface area contributed by atoms with Crippen LogP contribution in [0.2, 0.25) is 0 Å². The zero-order valence-electron chi connectivity index (χ0n) is 12.1. The molecule has 0 saturated carbocycles. The van der Waals surface area contributed by atoms with Crippen LogP contribution >= 0.6 is 0 Å². The number of benzene rings is 1. The summed E-state index contributed by atoms with van der Waals surface area (Å²) >= 11 is 0. The molecule has 0 radical (unpaired) electrons. The molecule has 1 aliphatic heterocycles. The van der Waals surface area contributed by atoms with E-state index in [0.29, 0.717) is 12.0 Å². The summed E-state index contributed by atoms with van der Waals surface area (Å²) in [5, 5.41) is 0. The fraction of sp³-hybridized carbons (Fsp3) is 0.625. The van der Waals surface area contributed by atoms with E-state index in [-0.39, 0.29) is 32.5 Å². The van der Waals surface area contributed by atoms with E-state index in [1.165, 1.54) is 0 Å². The van der Waals surface area contributed by atoms with Crippen molar-refractivity contribution in [2.45, 2.75) is 50.7 Å². The van der Waals surface area contributed by atoms with Crippen molar-refractivity contribution >= 4 is 0 Å². The Morgan fingerprint density at radius 1 is 1.05 bits per heavy atom. The zero-order chi connectivity index (χ0) is 16.0. The van der Waals surface area contributed by atoms with Gasteiger partial charge in [0.15, 0.2) is 0 Å². The average molecular weight is 319 g/mol. The molecular weight excluding hydrogens is 301 g/mol. The Balaban J connectivity index is 1.88. The third kappa shape index (κ3) is 3.12. The highest BCUT2D eigenvalue weighted by molar-refractivity contribution is 5.45. The maximum Gasteiger partial charge on any atom is 0.416 e. The lowest BCUT2D eigenvalue weighted by Gasteiger charge is -2.33. The Hall–Kier alpha value is -1.17. The summed E-state index contributed by atoms with van der Waals surface area (Å²) in [5.74, 6) is -2.68. The van der Waals surface area contributed by atoms with Gasteiger partial charge in [0.2, 0.25) is 0 Å². The maximum atomic E-state index is 13.3. The van der Waals surface area contributed by atoms with E-state index in [4.69, 9.17) is 0 Å². The van der Waals surface area contributed by atoms with E-state index >= 15 is 0 Å². The minimum Gasteiger partial charge on any atom is -0.299 e. The number of hydrogen-bond acceptors (Lipinski definition) is 1. The number of likely N-dealkylation sites (tertiary alicyclic amines) is 1. The minimum absolute atomic E-state index is 0.119. The van der Waals surface area contributed by atoms with Gasteiger partial charge < -0.3 is 0 Å². The Morgan fingerprint density at radius 2 is 1.73 bits per heavy atom. The van der Waals surface area contributed by atoms with Crippen LogP contribution in [0.15, 0.2) is 12.1 Å². The van der Waals surface area contributed by atoms with Gasteiger partial charge in [0.1, 0.15) is 0 Å². The highest BCUT2D eigenvalue weighted by Gasteiger charge is 2.38. The van der Waals surface area contributed by atoms with E-state index in [1.807, 2.05) is 0 Å². The first-order valence-electron chi connectivity index (χ1n) is 7.57. The molecule has 1 aliphatic carbocycles. The van der Waals surface area contributed by atoms with Crippen LogP contribution in [0.5, 0.6) is 0 Å². The van der Waals surface area contributed by atoms with Crippen LogP contribution in [0.3, 0.4) is 0 Å². The predicted octanol–water partition coefficient (Wildman–Crippen LogP) is 4.43. The first-order chi connectivity index (χ1) is 10.3. The van der Waals surface area contributed by atoms with Crippen molar-refractivity contribution in [1.29, 1.82) is 0 Å². The topological polar surface area (TPSA) is 3.24 Å². The normalized spacial score (nSPS) is 21.9. The molecule has 1 nitrogen and oxygen atoms in total. The van der Waals surface area contributed by atoms with Crippen LogP contribution in [-0.2, 0) is 25.6 Å². The van der Waals surface area contributed by atoms with Gasteiger partial charge in [-0.15, -0.1) is 0 Å². The molecule has 0 N–H and O–H groups in total. The summed E-state index contributed by atoms with van der Waals surface area (Å²) in [5.41, 5.74) is 1.45. The molecule has 6 heteroatoms. The highest BCUT2D eigenvalue weighted by atomic mass is 19.4. The molecule has 1 aromatic rings. The van der Waals surface area contributed by atoms with Gasteiger partial charge in [-0.1, -0.05) is 6.07 Å². The zero-order valence-corrected chi connectivity index (χ0v) is 12.1. The largest absolute Gasteiger partial charge is 0.416 e. The number of fused-ring (bicyclic) bond motifs is 1. The number of alkyl halides is 5. The van der Waals surface area contributed by atoms with Crippen LogP contribution in [0, 0.1) is 0 Å². The quantitative estimate of drug-likeness (QED) is 0.729. The molecular formula is C16H18F5N. The molecule has 1 saturated heterocycles. The number of rotatable bonds is 2. The van der Waals surface area contributed by atoms with E-state index in [0.717, 1.165) is 30.0 Å². The van der Waals surface area contributed by atoms with Crippen molar-refractivity contribution in [2.75, 3.05) is 13.1 Å². The Bertz CT molecular complexity index is 554. The molecule has 0 amide bonds. The molecule has 1 heterocycles. The molecule has 0 unspecified atom stereocenters. The lowest BCUT2D eigenvalue weighted by atomic mass is 9.95. The summed E-state index contributed by atoms with van der Waals surface area (Å²) in [7, 11) is 0. The van der Waals surface area contributed by atoms with Crippen molar-refractivity contribution in [3.63, 3.8) is 0 Å². The highest BCUT2D eigenvalue weighted by Crippen LogP contribution is 2.38. The van der Waals surface area contributed by atoms with Gasteiger partial charge in [0.25, 0.3) is 5.92 Å². The van der Waals surface area contributed by atoms with E-state index in [9.17, 15) is 22.0 Å². The smallest absolute Gasteiger partial charge is 0.299 e. The minimum atomic E-state index is -4.40. The molecule has 2 aliphatic rings. The fourth-order valence-corrected chi connectivity index (χ4v) is 3.45. The van der Waals surface area contributed by atoms with Gasteiger partial charge in [-0.3, -0.25) is 4.90 Å². The van der Waals surface area contributed by atoms with Crippen molar-refractivity contribution in [3.05, 3.63) is 34.4 Å². The monoisotopic (exact) mass is 319 g/mol. The number of nitrogens with zero attached hydrogens (tertiary/aromatic N) is 1. The lowest BCUT2D eigenvalue weighted by molar-refractivity contribution is -0.138. The Labute approximate surface area is 126 Å². The molecule has 22 heavy (non-hydrogen) atoms. The fourth-order valence-electron chi connectivity index (χ4n) is 3.45. The maximum absolute atomic E-state index is 13.3. The molecule has 122 valence electrons.